The molecule has 1 aromatic heterocycles. The number of nitrogens with zero attached hydrogens (tertiary/aromatic N) is 4. The van der Waals surface area contributed by atoms with Crippen LogP contribution in [0.5, 0.6) is 0 Å². The number of morpholine rings is 1. The van der Waals surface area contributed by atoms with Crippen molar-refractivity contribution in [1.82, 2.24) is 19.9 Å². The van der Waals surface area contributed by atoms with Gasteiger partial charge < -0.3 is 14.2 Å². The second-order valence-electron chi connectivity index (χ2n) is 5.81. The summed E-state index contributed by atoms with van der Waals surface area (Å²) in [4.78, 5) is 8.99. The minimum Gasteiger partial charge on any atom is -0.374 e. The van der Waals surface area contributed by atoms with Crippen LogP contribution in [0.15, 0.2) is 4.52 Å². The minimum absolute atomic E-state index is 0.276. The summed E-state index contributed by atoms with van der Waals surface area (Å²) < 4.78 is 11.1. The molecular formula is C13H22N4O2. The zero-order valence-corrected chi connectivity index (χ0v) is 11.7. The summed E-state index contributed by atoms with van der Waals surface area (Å²) in [5.41, 5.74) is 0. The molecule has 0 spiro atoms. The van der Waals surface area contributed by atoms with E-state index in [4.69, 9.17) is 9.26 Å². The van der Waals surface area contributed by atoms with Crippen LogP contribution < -0.4 is 0 Å². The van der Waals surface area contributed by atoms with Crippen molar-refractivity contribution in [2.75, 3.05) is 40.3 Å². The molecule has 1 aromatic rings. The fourth-order valence-corrected chi connectivity index (χ4v) is 2.47. The smallest absolute Gasteiger partial charge is 0.229 e. The van der Waals surface area contributed by atoms with Crippen LogP contribution in [0.25, 0.3) is 0 Å². The van der Waals surface area contributed by atoms with Gasteiger partial charge in [0.1, 0.15) is 0 Å². The van der Waals surface area contributed by atoms with Crippen LogP contribution >= 0.6 is 0 Å². The Morgan fingerprint density at radius 1 is 1.37 bits per heavy atom. The average Bonchev–Trinajstić information content (AvgIpc) is 3.10. The van der Waals surface area contributed by atoms with Crippen LogP contribution in [-0.2, 0) is 11.3 Å². The molecule has 1 aliphatic carbocycles. The van der Waals surface area contributed by atoms with Crippen molar-refractivity contribution in [3.05, 3.63) is 11.7 Å². The van der Waals surface area contributed by atoms with Gasteiger partial charge in [0.25, 0.3) is 0 Å². The molecule has 0 radical (unpaired) electrons. The first-order valence-corrected chi connectivity index (χ1v) is 7.02. The maximum absolute atomic E-state index is 5.76. The highest BCUT2D eigenvalue weighted by Gasteiger charge is 2.30. The predicted molar refractivity (Wildman–Crippen MR) is 69.8 cm³/mol. The van der Waals surface area contributed by atoms with Crippen LogP contribution in [-0.4, -0.2) is 66.4 Å². The molecule has 0 N–H and O–H groups in total. The van der Waals surface area contributed by atoms with E-state index >= 15 is 0 Å². The lowest BCUT2D eigenvalue weighted by Gasteiger charge is -2.33. The Morgan fingerprint density at radius 3 is 2.95 bits per heavy atom. The van der Waals surface area contributed by atoms with Gasteiger partial charge in [-0.05, 0) is 26.9 Å². The van der Waals surface area contributed by atoms with Crippen LogP contribution in [0.4, 0.5) is 0 Å². The summed E-state index contributed by atoms with van der Waals surface area (Å²) >= 11 is 0. The Hall–Kier alpha value is -0.980. The Kier molecular flexibility index (Phi) is 3.81. The molecule has 106 valence electrons. The van der Waals surface area contributed by atoms with E-state index in [1.807, 2.05) is 0 Å². The van der Waals surface area contributed by atoms with E-state index in [0.717, 1.165) is 44.5 Å². The highest BCUT2D eigenvalue weighted by atomic mass is 16.5. The summed E-state index contributed by atoms with van der Waals surface area (Å²) in [6.45, 7) is 4.38. The molecule has 2 fully saturated rings. The molecule has 0 bridgehead atoms. The molecule has 1 aliphatic heterocycles. The van der Waals surface area contributed by atoms with E-state index < -0.39 is 0 Å². The zero-order chi connectivity index (χ0) is 13.2. The van der Waals surface area contributed by atoms with Crippen LogP contribution in [0.1, 0.15) is 30.5 Å². The summed E-state index contributed by atoms with van der Waals surface area (Å²) in [5, 5.41) is 4.08. The van der Waals surface area contributed by atoms with Crippen molar-refractivity contribution in [1.29, 1.82) is 0 Å². The maximum Gasteiger partial charge on any atom is 0.229 e. The molecule has 1 saturated heterocycles. The van der Waals surface area contributed by atoms with E-state index in [2.05, 4.69) is 34.0 Å². The first-order valence-electron chi connectivity index (χ1n) is 7.02. The Bertz CT molecular complexity index is 417. The molecule has 0 amide bonds. The highest BCUT2D eigenvalue weighted by molar-refractivity contribution is 5.01. The van der Waals surface area contributed by atoms with E-state index in [-0.39, 0.29) is 6.10 Å². The van der Waals surface area contributed by atoms with Gasteiger partial charge in [-0.15, -0.1) is 0 Å². The Balaban J connectivity index is 1.53. The maximum atomic E-state index is 5.76. The highest BCUT2D eigenvalue weighted by Crippen LogP contribution is 2.38. The van der Waals surface area contributed by atoms with Gasteiger partial charge in [0.05, 0.1) is 19.3 Å². The number of rotatable bonds is 5. The lowest BCUT2D eigenvalue weighted by Crippen LogP contribution is -2.46. The lowest BCUT2D eigenvalue weighted by molar-refractivity contribution is -0.0414. The third kappa shape index (κ3) is 3.52. The lowest BCUT2D eigenvalue weighted by atomic mass is 10.2. The number of hydrogen-bond acceptors (Lipinski definition) is 6. The number of aromatic nitrogens is 2. The van der Waals surface area contributed by atoms with E-state index in [1.165, 1.54) is 12.8 Å². The van der Waals surface area contributed by atoms with Crippen molar-refractivity contribution in [2.24, 2.45) is 0 Å². The van der Waals surface area contributed by atoms with Gasteiger partial charge >= 0.3 is 0 Å². The van der Waals surface area contributed by atoms with Gasteiger partial charge in [-0.2, -0.15) is 4.98 Å². The first-order chi connectivity index (χ1) is 9.20. The standard InChI is InChI=1S/C13H22N4O2/c1-16(2)7-11-8-17(5-6-18-11)9-12-14-13(19-15-12)10-3-4-10/h10-11H,3-9H2,1-2H3/t11-/m1/s1. The average molecular weight is 266 g/mol. The monoisotopic (exact) mass is 266 g/mol. The topological polar surface area (TPSA) is 54.6 Å². The van der Waals surface area contributed by atoms with E-state index in [9.17, 15) is 0 Å². The van der Waals surface area contributed by atoms with Gasteiger partial charge in [0, 0.05) is 25.6 Å². The molecule has 6 heteroatoms. The Labute approximate surface area is 113 Å². The van der Waals surface area contributed by atoms with Crippen molar-refractivity contribution in [3.8, 4) is 0 Å². The molecule has 0 unspecified atom stereocenters. The summed E-state index contributed by atoms with van der Waals surface area (Å²) in [7, 11) is 4.15. The molecule has 6 nitrogen and oxygen atoms in total. The van der Waals surface area contributed by atoms with E-state index in [0.29, 0.717) is 5.92 Å². The summed E-state index contributed by atoms with van der Waals surface area (Å²) in [6.07, 6.45) is 2.67. The SMILES string of the molecule is CN(C)C[C@@H]1CN(Cc2noc(C3CC3)n2)CCO1. The van der Waals surface area contributed by atoms with Crippen molar-refractivity contribution < 1.29 is 9.26 Å². The molecule has 2 heterocycles. The molecular weight excluding hydrogens is 244 g/mol. The number of ether oxygens (including phenoxy) is 1. The molecule has 19 heavy (non-hydrogen) atoms. The van der Waals surface area contributed by atoms with Crippen molar-refractivity contribution in [2.45, 2.75) is 31.4 Å². The fraction of sp³-hybridized carbons (Fsp3) is 0.846. The molecule has 2 aliphatic rings. The normalized spacial score (nSPS) is 25.1. The molecule has 1 atom stereocenters. The van der Waals surface area contributed by atoms with Crippen LogP contribution in [0.3, 0.4) is 0 Å². The van der Waals surface area contributed by atoms with Crippen LogP contribution in [0, 0.1) is 0 Å². The predicted octanol–water partition coefficient (Wildman–Crippen LogP) is 0.709. The number of likely N-dealkylation sites (N-methyl/N-ethyl adjacent to an activating group) is 1. The molecule has 1 saturated carbocycles. The second-order valence-corrected chi connectivity index (χ2v) is 5.81. The second kappa shape index (κ2) is 5.56. The van der Waals surface area contributed by atoms with Gasteiger partial charge in [-0.1, -0.05) is 5.16 Å². The Morgan fingerprint density at radius 2 is 2.21 bits per heavy atom. The third-order valence-electron chi connectivity index (χ3n) is 3.57. The minimum atomic E-state index is 0.276. The largest absolute Gasteiger partial charge is 0.374 e. The van der Waals surface area contributed by atoms with E-state index in [1.54, 1.807) is 0 Å². The fourth-order valence-electron chi connectivity index (χ4n) is 2.47. The molecule has 3 rings (SSSR count). The summed E-state index contributed by atoms with van der Waals surface area (Å²) in [6, 6.07) is 0. The summed E-state index contributed by atoms with van der Waals surface area (Å²) in [5.74, 6) is 2.17. The zero-order valence-electron chi connectivity index (χ0n) is 11.7. The van der Waals surface area contributed by atoms with Gasteiger partial charge in [-0.25, -0.2) is 0 Å². The quantitative estimate of drug-likeness (QED) is 0.782. The van der Waals surface area contributed by atoms with Crippen molar-refractivity contribution in [3.63, 3.8) is 0 Å². The van der Waals surface area contributed by atoms with Gasteiger partial charge in [0.15, 0.2) is 5.82 Å². The van der Waals surface area contributed by atoms with Crippen molar-refractivity contribution >= 4 is 0 Å². The van der Waals surface area contributed by atoms with Gasteiger partial charge in [-0.3, -0.25) is 4.90 Å². The number of hydrogen-bond donors (Lipinski definition) is 0. The first kappa shape index (κ1) is 13.0. The van der Waals surface area contributed by atoms with Gasteiger partial charge in [0.2, 0.25) is 5.89 Å². The third-order valence-corrected chi connectivity index (χ3v) is 3.57. The van der Waals surface area contributed by atoms with Crippen LogP contribution in [0.2, 0.25) is 0 Å². The molecule has 0 aromatic carbocycles.